The van der Waals surface area contributed by atoms with Gasteiger partial charge in [0.05, 0.1) is 43.0 Å². The minimum absolute atomic E-state index is 0.0227. The summed E-state index contributed by atoms with van der Waals surface area (Å²) in [5, 5.41) is 3.75. The number of ether oxygens (including phenoxy) is 6. The number of carbonyl (C=O) groups is 1. The van der Waals surface area contributed by atoms with Crippen molar-refractivity contribution < 1.29 is 37.7 Å². The molecule has 0 spiro atoms. The molecular formula is C44H48N4O9. The number of rotatable bonds is 19. The standard InChI is InChI=1S/C44H48N4O9/c1-7-53-43(50)40-46-41(57-47-40)39-42(49)48(36-24-30(3)29(2)23-35(36)45-39)25-37(54-27-51-5)31(4)38(55-28-52-6)26-56-44(32-17-11-8-12-18-32,33-19-13-9-14-20-33)34-21-15-10-16-22-34/h8-24,31,37-38H,7,25-28H2,1-6H3/t31-,37-,38+/m0/s1. The molecule has 4 aromatic carbocycles. The van der Waals surface area contributed by atoms with Crippen molar-refractivity contribution in [2.24, 2.45) is 5.92 Å². The fourth-order valence-electron chi connectivity index (χ4n) is 6.84. The number of esters is 1. The Bertz CT molecular complexity index is 2180. The molecule has 0 amide bonds. The van der Waals surface area contributed by atoms with Gasteiger partial charge in [-0.1, -0.05) is 97.9 Å². The summed E-state index contributed by atoms with van der Waals surface area (Å²) < 4.78 is 42.8. The maximum Gasteiger partial charge on any atom is 0.379 e. The Morgan fingerprint density at radius 3 is 1.88 bits per heavy atom. The second-order valence-corrected chi connectivity index (χ2v) is 13.6. The summed E-state index contributed by atoms with van der Waals surface area (Å²) in [7, 11) is 3.09. The number of aryl methyl sites for hydroxylation is 2. The van der Waals surface area contributed by atoms with Crippen LogP contribution in [-0.2, 0) is 40.6 Å². The third-order valence-corrected chi connectivity index (χ3v) is 9.99. The van der Waals surface area contributed by atoms with Gasteiger partial charge < -0.3 is 37.5 Å². The number of fused-ring (bicyclic) bond motifs is 1. The largest absolute Gasteiger partial charge is 0.460 e. The number of aromatic nitrogens is 4. The predicted octanol–water partition coefficient (Wildman–Crippen LogP) is 6.86. The minimum atomic E-state index is -1.02. The van der Waals surface area contributed by atoms with Gasteiger partial charge in [-0.15, -0.1) is 0 Å². The van der Waals surface area contributed by atoms with E-state index in [-0.39, 0.29) is 50.8 Å². The Morgan fingerprint density at radius 1 is 0.789 bits per heavy atom. The zero-order chi connectivity index (χ0) is 40.4. The summed E-state index contributed by atoms with van der Waals surface area (Å²) in [5.41, 5.74) is 4.15. The van der Waals surface area contributed by atoms with E-state index in [0.29, 0.717) is 11.0 Å². The maximum absolute atomic E-state index is 14.5. The van der Waals surface area contributed by atoms with Crippen LogP contribution in [0.2, 0.25) is 0 Å². The fourth-order valence-corrected chi connectivity index (χ4v) is 6.84. The SMILES string of the molecule is CCOC(=O)c1noc(-c2nc3cc(C)c(C)cc3n(C[C@H](OCOC)[C@H](C)[C@@H](COC(c3ccccc3)(c3ccccc3)c3ccccc3)OCOC)c2=O)n1. The zero-order valence-corrected chi connectivity index (χ0v) is 33.0. The first-order valence-electron chi connectivity index (χ1n) is 18.8. The molecule has 13 heteroatoms. The third kappa shape index (κ3) is 9.03. The first-order chi connectivity index (χ1) is 27.7. The van der Waals surface area contributed by atoms with E-state index >= 15 is 0 Å². The van der Waals surface area contributed by atoms with Crippen LogP contribution in [0, 0.1) is 19.8 Å². The highest BCUT2D eigenvalue weighted by molar-refractivity contribution is 5.85. The lowest BCUT2D eigenvalue weighted by molar-refractivity contribution is -0.166. The average molecular weight is 777 g/mol. The van der Waals surface area contributed by atoms with E-state index < -0.39 is 35.3 Å². The molecule has 298 valence electrons. The van der Waals surface area contributed by atoms with Crippen LogP contribution in [-0.4, -0.2) is 78.9 Å². The molecule has 0 aliphatic carbocycles. The molecular weight excluding hydrogens is 729 g/mol. The van der Waals surface area contributed by atoms with Crippen molar-refractivity contribution >= 4 is 17.0 Å². The van der Waals surface area contributed by atoms with Crippen molar-refractivity contribution in [2.45, 2.75) is 52.0 Å². The second-order valence-electron chi connectivity index (χ2n) is 13.6. The van der Waals surface area contributed by atoms with Crippen molar-refractivity contribution in [3.63, 3.8) is 0 Å². The fraction of sp³-hybridized carbons (Fsp3) is 0.341. The number of benzene rings is 4. The molecule has 0 radical (unpaired) electrons. The van der Waals surface area contributed by atoms with Crippen LogP contribution in [0.4, 0.5) is 0 Å². The summed E-state index contributed by atoms with van der Waals surface area (Å²) in [6.07, 6.45) is -1.29. The topological polar surface area (TPSA) is 146 Å². The van der Waals surface area contributed by atoms with Gasteiger partial charge in [0.1, 0.15) is 19.2 Å². The van der Waals surface area contributed by atoms with Gasteiger partial charge in [0, 0.05) is 20.1 Å². The molecule has 2 aromatic heterocycles. The van der Waals surface area contributed by atoms with Crippen LogP contribution < -0.4 is 5.56 Å². The van der Waals surface area contributed by atoms with Crippen LogP contribution in [0.1, 0.15) is 52.3 Å². The molecule has 57 heavy (non-hydrogen) atoms. The second kappa shape index (κ2) is 19.0. The van der Waals surface area contributed by atoms with Crippen LogP contribution >= 0.6 is 0 Å². The molecule has 0 saturated heterocycles. The lowest BCUT2D eigenvalue weighted by Gasteiger charge is -2.38. The Hall–Kier alpha value is -5.57. The highest BCUT2D eigenvalue weighted by Crippen LogP contribution is 2.41. The predicted molar refractivity (Wildman–Crippen MR) is 213 cm³/mol. The Kier molecular flexibility index (Phi) is 13.7. The molecule has 13 nitrogen and oxygen atoms in total. The Balaban J connectivity index is 1.42. The van der Waals surface area contributed by atoms with E-state index in [1.165, 1.54) is 7.11 Å². The number of hydrogen-bond donors (Lipinski definition) is 0. The number of carbonyl (C=O) groups excluding carboxylic acids is 1. The van der Waals surface area contributed by atoms with Crippen LogP contribution in [0.5, 0.6) is 0 Å². The van der Waals surface area contributed by atoms with Gasteiger partial charge >= 0.3 is 5.97 Å². The molecule has 6 rings (SSSR count). The molecule has 2 heterocycles. The molecule has 0 N–H and O–H groups in total. The minimum Gasteiger partial charge on any atom is -0.460 e. The van der Waals surface area contributed by atoms with Crippen LogP contribution in [0.25, 0.3) is 22.6 Å². The van der Waals surface area contributed by atoms with Crippen molar-refractivity contribution in [3.05, 3.63) is 147 Å². The molecule has 0 aliphatic rings. The van der Waals surface area contributed by atoms with Crippen molar-refractivity contribution in [1.29, 1.82) is 0 Å². The summed E-state index contributed by atoms with van der Waals surface area (Å²) >= 11 is 0. The van der Waals surface area contributed by atoms with Gasteiger partial charge in [-0.25, -0.2) is 9.78 Å². The molecule has 0 bridgehead atoms. The normalized spacial score (nSPS) is 13.4. The van der Waals surface area contributed by atoms with E-state index in [1.54, 1.807) is 18.6 Å². The molecule has 6 aromatic rings. The summed E-state index contributed by atoms with van der Waals surface area (Å²) in [6.45, 7) is 7.75. The van der Waals surface area contributed by atoms with Gasteiger partial charge in [0.2, 0.25) is 0 Å². The summed E-state index contributed by atoms with van der Waals surface area (Å²) in [6, 6.07) is 34.0. The number of methoxy groups -OCH3 is 2. The van der Waals surface area contributed by atoms with Gasteiger partial charge in [-0.05, 0) is 65.9 Å². The van der Waals surface area contributed by atoms with Gasteiger partial charge in [0.15, 0.2) is 5.69 Å². The quantitative estimate of drug-likeness (QED) is 0.0481. The lowest BCUT2D eigenvalue weighted by Crippen LogP contribution is -2.44. The van der Waals surface area contributed by atoms with Crippen molar-refractivity contribution in [3.8, 4) is 11.6 Å². The van der Waals surface area contributed by atoms with E-state index in [1.807, 2.05) is 87.5 Å². The summed E-state index contributed by atoms with van der Waals surface area (Å²) in [4.78, 5) is 35.7. The van der Waals surface area contributed by atoms with E-state index in [0.717, 1.165) is 27.8 Å². The van der Waals surface area contributed by atoms with E-state index in [2.05, 4.69) is 51.5 Å². The van der Waals surface area contributed by atoms with Gasteiger partial charge in [-0.3, -0.25) is 4.79 Å². The molecule has 0 aliphatic heterocycles. The molecule has 0 unspecified atom stereocenters. The Morgan fingerprint density at radius 2 is 1.33 bits per heavy atom. The first-order valence-corrected chi connectivity index (χ1v) is 18.8. The highest BCUT2D eigenvalue weighted by Gasteiger charge is 2.40. The third-order valence-electron chi connectivity index (χ3n) is 9.99. The smallest absolute Gasteiger partial charge is 0.379 e. The Labute approximate surface area is 331 Å². The van der Waals surface area contributed by atoms with Gasteiger partial charge in [-0.2, -0.15) is 4.98 Å². The molecule has 0 fully saturated rings. The van der Waals surface area contributed by atoms with Gasteiger partial charge in [0.25, 0.3) is 17.3 Å². The monoisotopic (exact) mass is 776 g/mol. The van der Waals surface area contributed by atoms with Crippen LogP contribution in [0.3, 0.4) is 0 Å². The van der Waals surface area contributed by atoms with Crippen molar-refractivity contribution in [2.75, 3.05) is 41.0 Å². The van der Waals surface area contributed by atoms with Crippen molar-refractivity contribution in [1.82, 2.24) is 19.7 Å². The van der Waals surface area contributed by atoms with Crippen LogP contribution in [0.15, 0.2) is 112 Å². The molecule has 0 saturated carbocycles. The van der Waals surface area contributed by atoms with E-state index in [4.69, 9.17) is 32.9 Å². The lowest BCUT2D eigenvalue weighted by atomic mass is 9.80. The zero-order valence-electron chi connectivity index (χ0n) is 33.0. The average Bonchev–Trinajstić information content (AvgIpc) is 3.74. The number of nitrogens with zero attached hydrogens (tertiary/aromatic N) is 4. The highest BCUT2D eigenvalue weighted by atomic mass is 16.7. The first kappa shape index (κ1) is 41.1. The summed E-state index contributed by atoms with van der Waals surface area (Å²) in [5.74, 6) is -1.72. The van der Waals surface area contributed by atoms with E-state index in [9.17, 15) is 9.59 Å². The molecule has 3 atom stereocenters. The maximum atomic E-state index is 14.5. The number of hydrogen-bond acceptors (Lipinski definition) is 12.